The average Bonchev–Trinajstić information content (AvgIpc) is 2.73. The molecule has 0 radical (unpaired) electrons. The van der Waals surface area contributed by atoms with Crippen molar-refractivity contribution in [3.8, 4) is 11.5 Å². The second kappa shape index (κ2) is 8.03. The van der Waals surface area contributed by atoms with E-state index in [0.29, 0.717) is 56.8 Å². The van der Waals surface area contributed by atoms with Crippen molar-refractivity contribution in [3.05, 3.63) is 30.0 Å². The molecule has 0 spiro atoms. The first-order valence-corrected chi connectivity index (χ1v) is 11.2. The minimum atomic E-state index is -3.60. The van der Waals surface area contributed by atoms with Crippen molar-refractivity contribution in [1.29, 1.82) is 0 Å². The summed E-state index contributed by atoms with van der Waals surface area (Å²) in [6.45, 7) is 7.44. The van der Waals surface area contributed by atoms with Crippen LogP contribution in [0.25, 0.3) is 0 Å². The molecule has 3 heterocycles. The van der Waals surface area contributed by atoms with Crippen LogP contribution < -0.4 is 19.7 Å². The Morgan fingerprint density at radius 2 is 1.76 bits per heavy atom. The van der Waals surface area contributed by atoms with Crippen molar-refractivity contribution < 1.29 is 17.9 Å². The van der Waals surface area contributed by atoms with Gasteiger partial charge in [-0.05, 0) is 26.0 Å². The first-order chi connectivity index (χ1) is 14.0. The molecule has 10 heteroatoms. The second-order valence-electron chi connectivity index (χ2n) is 6.92. The molecule has 0 bridgehead atoms. The third kappa shape index (κ3) is 4.08. The molecule has 1 aromatic carbocycles. The van der Waals surface area contributed by atoms with Gasteiger partial charge in [-0.3, -0.25) is 0 Å². The predicted molar refractivity (Wildman–Crippen MR) is 109 cm³/mol. The maximum Gasteiger partial charge on any atom is 0.243 e. The monoisotopic (exact) mass is 419 g/mol. The van der Waals surface area contributed by atoms with Crippen LogP contribution >= 0.6 is 0 Å². The minimum absolute atomic E-state index is 0.225. The van der Waals surface area contributed by atoms with Crippen molar-refractivity contribution in [2.24, 2.45) is 0 Å². The van der Waals surface area contributed by atoms with Crippen molar-refractivity contribution in [1.82, 2.24) is 14.3 Å². The van der Waals surface area contributed by atoms with Crippen LogP contribution in [0.5, 0.6) is 11.5 Å². The Hall–Kier alpha value is -2.59. The number of piperazine rings is 1. The van der Waals surface area contributed by atoms with Gasteiger partial charge >= 0.3 is 0 Å². The Labute approximate surface area is 170 Å². The number of hydrogen-bond acceptors (Lipinski definition) is 8. The second-order valence-corrected chi connectivity index (χ2v) is 8.86. The summed E-state index contributed by atoms with van der Waals surface area (Å²) >= 11 is 0. The summed E-state index contributed by atoms with van der Waals surface area (Å²) in [5, 5.41) is 3.13. The molecule has 1 saturated heterocycles. The molecule has 156 valence electrons. The molecule has 0 saturated carbocycles. The molecule has 4 rings (SSSR count). The Kier molecular flexibility index (Phi) is 5.46. The van der Waals surface area contributed by atoms with Gasteiger partial charge in [0.2, 0.25) is 16.0 Å². The number of rotatable bonds is 5. The number of anilines is 2. The number of nitrogens with zero attached hydrogens (tertiary/aromatic N) is 4. The topological polar surface area (TPSA) is 96.9 Å². The summed E-state index contributed by atoms with van der Waals surface area (Å²) in [6, 6.07) is 6.70. The SMILES string of the molecule is CCNc1nc(C)cc(N2CCN(S(=O)(=O)c3ccc4c(c3)OCCO4)CC2)n1. The Balaban J connectivity index is 1.48. The van der Waals surface area contributed by atoms with Crippen LogP contribution in [0.2, 0.25) is 0 Å². The fourth-order valence-electron chi connectivity index (χ4n) is 3.44. The first-order valence-electron chi connectivity index (χ1n) is 9.71. The van der Waals surface area contributed by atoms with Crippen LogP contribution in [0.4, 0.5) is 11.8 Å². The summed E-state index contributed by atoms with van der Waals surface area (Å²) in [4.78, 5) is 11.2. The van der Waals surface area contributed by atoms with E-state index in [1.54, 1.807) is 18.2 Å². The highest BCUT2D eigenvalue weighted by Crippen LogP contribution is 2.33. The molecule has 0 unspecified atom stereocenters. The van der Waals surface area contributed by atoms with Gasteiger partial charge in [-0.15, -0.1) is 0 Å². The zero-order valence-corrected chi connectivity index (χ0v) is 17.4. The molecule has 29 heavy (non-hydrogen) atoms. The molecular weight excluding hydrogens is 394 g/mol. The van der Waals surface area contributed by atoms with Crippen molar-refractivity contribution in [3.63, 3.8) is 0 Å². The van der Waals surface area contributed by atoms with Gasteiger partial charge in [0.25, 0.3) is 0 Å². The number of ether oxygens (including phenoxy) is 2. The van der Waals surface area contributed by atoms with Crippen LogP contribution in [0, 0.1) is 6.92 Å². The molecule has 0 amide bonds. The number of sulfonamides is 1. The van der Waals surface area contributed by atoms with Crippen LogP contribution in [-0.4, -0.2) is 68.6 Å². The summed E-state index contributed by atoms with van der Waals surface area (Å²) in [6.07, 6.45) is 0. The number of hydrogen-bond donors (Lipinski definition) is 1. The molecular formula is C19H25N5O4S. The van der Waals surface area contributed by atoms with Gasteiger partial charge in [0.05, 0.1) is 4.90 Å². The standard InChI is InChI=1S/C19H25N5O4S/c1-3-20-19-21-14(2)12-18(22-19)23-6-8-24(9-7-23)29(25,26)15-4-5-16-17(13-15)28-11-10-27-16/h4-5,12-13H,3,6-11H2,1-2H3,(H,20,21,22). The van der Waals surface area contributed by atoms with Gasteiger partial charge < -0.3 is 19.7 Å². The third-order valence-electron chi connectivity index (χ3n) is 4.89. The normalized spacial score (nSPS) is 17.2. The lowest BCUT2D eigenvalue weighted by Gasteiger charge is -2.35. The number of nitrogens with one attached hydrogen (secondary N) is 1. The van der Waals surface area contributed by atoms with Gasteiger partial charge in [0.15, 0.2) is 11.5 Å². The van der Waals surface area contributed by atoms with Crippen LogP contribution in [0.15, 0.2) is 29.2 Å². The van der Waals surface area contributed by atoms with E-state index in [4.69, 9.17) is 9.47 Å². The molecule has 9 nitrogen and oxygen atoms in total. The van der Waals surface area contributed by atoms with Crippen LogP contribution in [0.1, 0.15) is 12.6 Å². The van der Waals surface area contributed by atoms with E-state index in [-0.39, 0.29) is 4.90 Å². The van der Waals surface area contributed by atoms with Gasteiger partial charge in [-0.25, -0.2) is 13.4 Å². The maximum atomic E-state index is 13.1. The molecule has 1 N–H and O–H groups in total. The Morgan fingerprint density at radius 1 is 1.03 bits per heavy atom. The minimum Gasteiger partial charge on any atom is -0.486 e. The number of benzene rings is 1. The van der Waals surface area contributed by atoms with E-state index >= 15 is 0 Å². The van der Waals surface area contributed by atoms with E-state index in [0.717, 1.165) is 18.1 Å². The highest BCUT2D eigenvalue weighted by atomic mass is 32.2. The average molecular weight is 420 g/mol. The van der Waals surface area contributed by atoms with E-state index in [2.05, 4.69) is 20.2 Å². The van der Waals surface area contributed by atoms with Crippen molar-refractivity contribution >= 4 is 21.8 Å². The van der Waals surface area contributed by atoms with Gasteiger partial charge in [-0.2, -0.15) is 9.29 Å². The van der Waals surface area contributed by atoms with Crippen LogP contribution in [-0.2, 0) is 10.0 Å². The number of fused-ring (bicyclic) bond motifs is 1. The van der Waals surface area contributed by atoms with E-state index in [9.17, 15) is 8.42 Å². The lowest BCUT2D eigenvalue weighted by Crippen LogP contribution is -2.49. The number of aromatic nitrogens is 2. The molecule has 2 aliphatic heterocycles. The summed E-state index contributed by atoms with van der Waals surface area (Å²) < 4.78 is 38.7. The first kappa shape index (κ1) is 19.7. The largest absolute Gasteiger partial charge is 0.486 e. The highest BCUT2D eigenvalue weighted by Gasteiger charge is 2.30. The fourth-order valence-corrected chi connectivity index (χ4v) is 4.88. The lowest BCUT2D eigenvalue weighted by molar-refractivity contribution is 0.171. The van der Waals surface area contributed by atoms with E-state index in [1.807, 2.05) is 19.9 Å². The lowest BCUT2D eigenvalue weighted by atomic mass is 10.3. The third-order valence-corrected chi connectivity index (χ3v) is 6.78. The smallest absolute Gasteiger partial charge is 0.243 e. The fraction of sp³-hybridized carbons (Fsp3) is 0.474. The Morgan fingerprint density at radius 3 is 2.48 bits per heavy atom. The quantitative estimate of drug-likeness (QED) is 0.779. The van der Waals surface area contributed by atoms with E-state index in [1.165, 1.54) is 4.31 Å². The summed E-state index contributed by atoms with van der Waals surface area (Å²) in [7, 11) is -3.60. The van der Waals surface area contributed by atoms with Crippen molar-refractivity contribution in [2.45, 2.75) is 18.7 Å². The molecule has 2 aromatic rings. The molecule has 1 fully saturated rings. The summed E-state index contributed by atoms with van der Waals surface area (Å²) in [5.41, 5.74) is 0.872. The maximum absolute atomic E-state index is 13.1. The Bertz CT molecular complexity index is 990. The van der Waals surface area contributed by atoms with Crippen LogP contribution in [0.3, 0.4) is 0 Å². The number of aryl methyl sites for hydroxylation is 1. The molecule has 1 aromatic heterocycles. The zero-order valence-electron chi connectivity index (χ0n) is 16.6. The summed E-state index contributed by atoms with van der Waals surface area (Å²) in [5.74, 6) is 2.46. The van der Waals surface area contributed by atoms with Gasteiger partial charge in [-0.1, -0.05) is 0 Å². The highest BCUT2D eigenvalue weighted by molar-refractivity contribution is 7.89. The molecule has 2 aliphatic rings. The predicted octanol–water partition coefficient (Wildman–Crippen LogP) is 1.50. The van der Waals surface area contributed by atoms with E-state index < -0.39 is 10.0 Å². The zero-order chi connectivity index (χ0) is 20.4. The van der Waals surface area contributed by atoms with Gasteiger partial charge in [0, 0.05) is 50.6 Å². The molecule has 0 atom stereocenters. The van der Waals surface area contributed by atoms with Gasteiger partial charge in [0.1, 0.15) is 19.0 Å². The molecule has 0 aliphatic carbocycles. The van der Waals surface area contributed by atoms with Crippen molar-refractivity contribution in [2.75, 3.05) is 56.2 Å².